The van der Waals surface area contributed by atoms with Crippen molar-refractivity contribution >= 4 is 27.8 Å². The summed E-state index contributed by atoms with van der Waals surface area (Å²) in [4.78, 5) is 11.7. The average molecular weight is 312 g/mol. The normalized spacial score (nSPS) is 13.5. The van der Waals surface area contributed by atoms with Crippen LogP contribution < -0.4 is 10.6 Å². The van der Waals surface area contributed by atoms with E-state index in [1.54, 1.807) is 0 Å². The molecule has 1 unspecified atom stereocenters. The van der Waals surface area contributed by atoms with Crippen molar-refractivity contribution in [3.05, 3.63) is 0 Å². The zero-order chi connectivity index (χ0) is 14.9. The van der Waals surface area contributed by atoms with Crippen molar-refractivity contribution in [2.24, 2.45) is 0 Å². The fraction of sp³-hybridized carbons (Fsp3) is 0.909. The summed E-state index contributed by atoms with van der Waals surface area (Å²) in [5, 5.41) is 4.25. The van der Waals surface area contributed by atoms with Gasteiger partial charge in [-0.05, 0) is 17.9 Å². The molecule has 0 saturated carbocycles. The van der Waals surface area contributed by atoms with Crippen LogP contribution in [0.3, 0.4) is 0 Å². The Balaban J connectivity index is 4.24. The van der Waals surface area contributed by atoms with Gasteiger partial charge in [0.05, 0.1) is 0 Å². The van der Waals surface area contributed by atoms with Gasteiger partial charge in [0.1, 0.15) is 0 Å². The molecule has 8 heteroatoms. The third-order valence-electron chi connectivity index (χ3n) is 2.36. The van der Waals surface area contributed by atoms with E-state index in [0.29, 0.717) is 24.9 Å². The molecule has 0 aromatic rings. The van der Waals surface area contributed by atoms with Crippen molar-refractivity contribution in [3.63, 3.8) is 0 Å². The van der Waals surface area contributed by atoms with Crippen LogP contribution in [0, 0.1) is 0 Å². The summed E-state index contributed by atoms with van der Waals surface area (Å²) in [5.74, 6) is 0.737. The van der Waals surface area contributed by atoms with Crippen LogP contribution in [0.15, 0.2) is 0 Å². The van der Waals surface area contributed by atoms with E-state index in [1.165, 1.54) is 11.8 Å². The summed E-state index contributed by atoms with van der Waals surface area (Å²) in [6.45, 7) is 6.80. The average Bonchev–Trinajstić information content (AvgIpc) is 2.28. The van der Waals surface area contributed by atoms with Gasteiger partial charge in [-0.3, -0.25) is 9.35 Å². The highest BCUT2D eigenvalue weighted by Gasteiger charge is 2.30. The maximum Gasteiger partial charge on any atom is 0.276 e. The summed E-state index contributed by atoms with van der Waals surface area (Å²) < 4.78 is 31.4. The Morgan fingerprint density at radius 1 is 1.32 bits per heavy atom. The molecule has 0 rings (SSSR count). The highest BCUT2D eigenvalue weighted by atomic mass is 32.2. The minimum absolute atomic E-state index is 0.126. The van der Waals surface area contributed by atoms with Gasteiger partial charge in [-0.1, -0.05) is 20.8 Å². The maximum absolute atomic E-state index is 11.7. The van der Waals surface area contributed by atoms with Gasteiger partial charge < -0.3 is 10.6 Å². The number of hydrogen-bond acceptors (Lipinski definition) is 5. The second-order valence-corrected chi connectivity index (χ2v) is 7.38. The Morgan fingerprint density at radius 3 is 2.42 bits per heavy atom. The van der Waals surface area contributed by atoms with Crippen molar-refractivity contribution in [2.45, 2.75) is 38.5 Å². The van der Waals surface area contributed by atoms with Gasteiger partial charge in [-0.2, -0.15) is 20.2 Å². The van der Waals surface area contributed by atoms with Crippen molar-refractivity contribution in [3.8, 4) is 0 Å². The van der Waals surface area contributed by atoms with Gasteiger partial charge in [0, 0.05) is 19.1 Å². The topological polar surface area (TPSA) is 95.5 Å². The van der Waals surface area contributed by atoms with Crippen LogP contribution in [0.1, 0.15) is 27.2 Å². The van der Waals surface area contributed by atoms with Crippen LogP contribution in [-0.2, 0) is 14.9 Å². The third kappa shape index (κ3) is 9.26. The molecule has 0 aliphatic heterocycles. The first-order valence-electron chi connectivity index (χ1n) is 6.34. The largest absolute Gasteiger partial charge is 0.354 e. The molecule has 1 amide bonds. The maximum atomic E-state index is 11.7. The Hall–Kier alpha value is -0.310. The smallest absolute Gasteiger partial charge is 0.276 e. The van der Waals surface area contributed by atoms with Crippen molar-refractivity contribution in [1.29, 1.82) is 0 Å². The number of carbonyl (C=O) groups excluding carboxylic acids is 1. The van der Waals surface area contributed by atoms with Crippen molar-refractivity contribution < 1.29 is 17.8 Å². The zero-order valence-corrected chi connectivity index (χ0v) is 13.3. The lowest BCUT2D eigenvalue weighted by molar-refractivity contribution is -0.120. The van der Waals surface area contributed by atoms with Crippen LogP contribution in [0.25, 0.3) is 0 Å². The monoisotopic (exact) mass is 312 g/mol. The molecular weight excluding hydrogens is 288 g/mol. The fourth-order valence-corrected chi connectivity index (χ4v) is 3.02. The first-order chi connectivity index (χ1) is 8.79. The molecule has 0 aliphatic rings. The predicted octanol–water partition coefficient (Wildman–Crippen LogP) is 0.500. The number of rotatable bonds is 10. The lowest BCUT2D eigenvalue weighted by atomic mass is 10.3. The SMILES string of the molecule is CCSCCC(C(=O)NCCNC(C)C)S(=O)(=O)O. The molecule has 3 N–H and O–H groups in total. The van der Waals surface area contributed by atoms with E-state index >= 15 is 0 Å². The molecule has 0 bridgehead atoms. The van der Waals surface area contributed by atoms with Crippen LogP contribution in [0.5, 0.6) is 0 Å². The highest BCUT2D eigenvalue weighted by molar-refractivity contribution is 7.99. The molecular formula is C11H24N2O4S2. The van der Waals surface area contributed by atoms with Gasteiger partial charge in [-0.15, -0.1) is 0 Å². The van der Waals surface area contributed by atoms with Gasteiger partial charge in [0.25, 0.3) is 10.1 Å². The first-order valence-corrected chi connectivity index (χ1v) is 9.00. The van der Waals surface area contributed by atoms with Crippen molar-refractivity contribution in [2.75, 3.05) is 24.6 Å². The second kappa shape index (κ2) is 9.57. The molecule has 0 fully saturated rings. The second-order valence-electron chi connectivity index (χ2n) is 4.39. The van der Waals surface area contributed by atoms with Crippen LogP contribution >= 0.6 is 11.8 Å². The lowest BCUT2D eigenvalue weighted by Crippen LogP contribution is -2.43. The summed E-state index contributed by atoms with van der Waals surface area (Å²) >= 11 is 1.53. The highest BCUT2D eigenvalue weighted by Crippen LogP contribution is 2.10. The van der Waals surface area contributed by atoms with Crippen LogP contribution in [0.4, 0.5) is 0 Å². The van der Waals surface area contributed by atoms with Crippen molar-refractivity contribution in [1.82, 2.24) is 10.6 Å². The first kappa shape index (κ1) is 18.7. The van der Waals surface area contributed by atoms with E-state index in [-0.39, 0.29) is 6.42 Å². The third-order valence-corrected chi connectivity index (χ3v) is 4.46. The fourth-order valence-electron chi connectivity index (χ4n) is 1.41. The molecule has 114 valence electrons. The Bertz CT molecular complexity index is 358. The Kier molecular flexibility index (Phi) is 9.42. The van der Waals surface area contributed by atoms with Gasteiger partial charge in [0.2, 0.25) is 5.91 Å². The number of hydrogen-bond donors (Lipinski definition) is 3. The van der Waals surface area contributed by atoms with E-state index in [0.717, 1.165) is 5.75 Å². The molecule has 0 heterocycles. The van der Waals surface area contributed by atoms with Crippen LogP contribution in [-0.4, -0.2) is 54.8 Å². The van der Waals surface area contributed by atoms with Gasteiger partial charge >= 0.3 is 0 Å². The summed E-state index contributed by atoms with van der Waals surface area (Å²) in [6, 6.07) is 0.301. The van der Waals surface area contributed by atoms with E-state index in [1.807, 2.05) is 20.8 Å². The lowest BCUT2D eigenvalue weighted by Gasteiger charge is -2.14. The van der Waals surface area contributed by atoms with E-state index in [2.05, 4.69) is 10.6 Å². The van der Waals surface area contributed by atoms with Crippen LogP contribution in [0.2, 0.25) is 0 Å². The van der Waals surface area contributed by atoms with E-state index in [4.69, 9.17) is 4.55 Å². The molecule has 19 heavy (non-hydrogen) atoms. The van der Waals surface area contributed by atoms with Gasteiger partial charge in [-0.25, -0.2) is 0 Å². The molecule has 0 spiro atoms. The minimum atomic E-state index is -4.34. The molecule has 6 nitrogen and oxygen atoms in total. The Labute approximate surface area is 119 Å². The summed E-state index contributed by atoms with van der Waals surface area (Å²) in [6.07, 6.45) is 0.126. The quantitative estimate of drug-likeness (QED) is 0.402. The molecule has 0 aromatic heterocycles. The minimum Gasteiger partial charge on any atom is -0.354 e. The molecule has 0 saturated heterocycles. The molecule has 1 atom stereocenters. The van der Waals surface area contributed by atoms with E-state index in [9.17, 15) is 13.2 Å². The predicted molar refractivity (Wildman–Crippen MR) is 79.1 cm³/mol. The number of amides is 1. The summed E-state index contributed by atoms with van der Waals surface area (Å²) in [5.41, 5.74) is 0. The van der Waals surface area contributed by atoms with E-state index < -0.39 is 21.3 Å². The molecule has 0 aromatic carbocycles. The van der Waals surface area contributed by atoms with Gasteiger partial charge in [0.15, 0.2) is 5.25 Å². The summed E-state index contributed by atoms with van der Waals surface area (Å²) in [7, 11) is -4.34. The number of thioether (sulfide) groups is 1. The number of carbonyl (C=O) groups is 1. The molecule has 0 aliphatic carbocycles. The standard InChI is InChI=1S/C11H24N2O4S2/c1-4-18-8-5-10(19(15,16)17)11(14)13-7-6-12-9(2)3/h9-10,12H,4-8H2,1-3H3,(H,13,14)(H,15,16,17). The Morgan fingerprint density at radius 2 is 1.95 bits per heavy atom. The molecule has 0 radical (unpaired) electrons. The zero-order valence-electron chi connectivity index (χ0n) is 11.7. The number of nitrogens with one attached hydrogen (secondary N) is 2.